The fourth-order valence-corrected chi connectivity index (χ4v) is 8.28. The molecule has 0 aromatic heterocycles. The van der Waals surface area contributed by atoms with E-state index in [1.165, 1.54) is 114 Å². The van der Waals surface area contributed by atoms with Gasteiger partial charge in [-0.3, -0.25) is 4.79 Å². The quantitative estimate of drug-likeness (QED) is 0.0800. The van der Waals surface area contributed by atoms with E-state index < -0.39 is 8.80 Å². The van der Waals surface area contributed by atoms with Gasteiger partial charge in [-0.25, -0.2) is 0 Å². The molecule has 0 aliphatic heterocycles. The number of rotatable bonds is 27. The molecule has 0 N–H and O–H groups in total. The van der Waals surface area contributed by atoms with E-state index >= 15 is 0 Å². The van der Waals surface area contributed by atoms with Crippen molar-refractivity contribution >= 4 is 25.7 Å². The smallest absolute Gasteiger partial charge is 0.374 e. The molecule has 0 aliphatic rings. The first-order valence-electron chi connectivity index (χ1n) is 14.7. The van der Waals surface area contributed by atoms with Gasteiger partial charge >= 0.3 is 8.80 Å². The molecule has 0 aromatic rings. The second-order valence-corrected chi connectivity index (χ2v) is 13.2. The second kappa shape index (κ2) is 26.2. The van der Waals surface area contributed by atoms with Gasteiger partial charge < -0.3 is 13.3 Å². The fraction of sp³-hybridized carbons (Fsp3) is 0.964. The van der Waals surface area contributed by atoms with Crippen LogP contribution in [0.5, 0.6) is 0 Å². The van der Waals surface area contributed by atoms with Crippen LogP contribution in [0.25, 0.3) is 0 Å². The van der Waals surface area contributed by atoms with E-state index in [9.17, 15) is 4.79 Å². The van der Waals surface area contributed by atoms with Gasteiger partial charge in [0.25, 0.3) is 0 Å². The summed E-state index contributed by atoms with van der Waals surface area (Å²) in [5.74, 6) is 0.726. The summed E-state index contributed by atoms with van der Waals surface area (Å²) < 4.78 is 17.6. The average Bonchev–Trinajstić information content (AvgIpc) is 2.81. The van der Waals surface area contributed by atoms with Gasteiger partial charge in [0.05, 0.1) is 0 Å². The number of carbonyl (C=O) groups excluding carboxylic acids is 1. The maximum Gasteiger partial charge on any atom is 0.501 e. The lowest BCUT2D eigenvalue weighted by Crippen LogP contribution is -2.46. The van der Waals surface area contributed by atoms with E-state index in [0.717, 1.165) is 12.2 Å². The van der Waals surface area contributed by atoms with Gasteiger partial charge in [-0.1, -0.05) is 121 Å². The fourth-order valence-electron chi connectivity index (χ4n) is 4.36. The minimum atomic E-state index is -2.61. The predicted molar refractivity (Wildman–Crippen MR) is 152 cm³/mol. The number of hydrogen-bond donors (Lipinski definition) is 0. The highest BCUT2D eigenvalue weighted by atomic mass is 32.2. The summed E-state index contributed by atoms with van der Waals surface area (Å²) in [6.07, 6.45) is 23.9. The molecule has 0 fully saturated rings. The van der Waals surface area contributed by atoms with Crippen LogP contribution in [0.2, 0.25) is 6.04 Å². The van der Waals surface area contributed by atoms with E-state index in [0.29, 0.717) is 37.4 Å². The zero-order chi connectivity index (χ0) is 25.2. The Labute approximate surface area is 218 Å². The minimum Gasteiger partial charge on any atom is -0.374 e. The molecule has 204 valence electrons. The molecule has 0 unspecified atom stereocenters. The maximum absolute atomic E-state index is 12.2. The lowest BCUT2D eigenvalue weighted by atomic mass is 10.0. The van der Waals surface area contributed by atoms with Gasteiger partial charge in [-0.15, -0.1) is 0 Å². The Bertz CT molecular complexity index is 420. The molecule has 0 saturated carbocycles. The van der Waals surface area contributed by atoms with Crippen molar-refractivity contribution in [3.05, 3.63) is 0 Å². The van der Waals surface area contributed by atoms with E-state index in [1.807, 2.05) is 20.8 Å². The molecule has 34 heavy (non-hydrogen) atoms. The largest absolute Gasteiger partial charge is 0.501 e. The first-order chi connectivity index (χ1) is 16.6. The normalized spacial score (nSPS) is 11.9. The Kier molecular flexibility index (Phi) is 26.3. The van der Waals surface area contributed by atoms with E-state index in [2.05, 4.69) is 6.92 Å². The molecule has 0 amide bonds. The molecule has 0 aliphatic carbocycles. The van der Waals surface area contributed by atoms with Crippen molar-refractivity contribution in [2.24, 2.45) is 0 Å². The highest BCUT2D eigenvalue weighted by molar-refractivity contribution is 8.13. The summed E-state index contributed by atoms with van der Waals surface area (Å²) in [5.41, 5.74) is 0. The molecule has 0 aromatic carbocycles. The summed E-state index contributed by atoms with van der Waals surface area (Å²) in [5, 5.41) is 0.299. The van der Waals surface area contributed by atoms with E-state index in [1.54, 1.807) is 0 Å². The van der Waals surface area contributed by atoms with Crippen LogP contribution in [-0.4, -0.2) is 39.5 Å². The van der Waals surface area contributed by atoms with Crippen LogP contribution in [0.1, 0.15) is 143 Å². The standard InChI is InChI=1S/C28H58O4SSi/c1-5-9-10-11-12-13-14-15-16-17-18-19-20-21-22-23-24-25-28(29)33-26-27-34(30-6-2,31-7-3)32-8-4/h5-27H2,1-4H3. The molecule has 0 saturated heterocycles. The summed E-state index contributed by atoms with van der Waals surface area (Å²) in [6.45, 7) is 9.95. The highest BCUT2D eigenvalue weighted by Gasteiger charge is 2.39. The molecule has 0 spiro atoms. The van der Waals surface area contributed by atoms with Crippen LogP contribution in [0.4, 0.5) is 0 Å². The maximum atomic E-state index is 12.2. The topological polar surface area (TPSA) is 44.8 Å². The minimum absolute atomic E-state index is 0.299. The molecule has 0 rings (SSSR count). The van der Waals surface area contributed by atoms with Gasteiger partial charge in [-0.05, 0) is 27.2 Å². The summed E-state index contributed by atoms with van der Waals surface area (Å²) in [4.78, 5) is 12.2. The van der Waals surface area contributed by atoms with Crippen molar-refractivity contribution in [3.63, 3.8) is 0 Å². The van der Waals surface area contributed by atoms with E-state index in [-0.39, 0.29) is 0 Å². The Hall–Kier alpha value is 0.117. The third-order valence-corrected chi connectivity index (χ3v) is 10.6. The van der Waals surface area contributed by atoms with Crippen LogP contribution < -0.4 is 0 Å². The number of hydrogen-bond acceptors (Lipinski definition) is 5. The molecule has 0 heterocycles. The monoisotopic (exact) mass is 518 g/mol. The molecular weight excluding hydrogens is 460 g/mol. The summed E-state index contributed by atoms with van der Waals surface area (Å²) in [7, 11) is -2.61. The van der Waals surface area contributed by atoms with Crippen molar-refractivity contribution in [1.29, 1.82) is 0 Å². The van der Waals surface area contributed by atoms with Gasteiger partial charge in [0, 0.05) is 38.0 Å². The van der Waals surface area contributed by atoms with Gasteiger partial charge in [0.2, 0.25) is 0 Å². The van der Waals surface area contributed by atoms with E-state index in [4.69, 9.17) is 13.3 Å². The summed E-state index contributed by atoms with van der Waals surface area (Å²) in [6, 6.07) is 0.706. The molecule has 4 nitrogen and oxygen atoms in total. The van der Waals surface area contributed by atoms with Gasteiger partial charge in [0.1, 0.15) is 0 Å². The lowest BCUT2D eigenvalue weighted by molar-refractivity contribution is -0.111. The number of thioether (sulfide) groups is 1. The first-order valence-corrected chi connectivity index (χ1v) is 17.6. The van der Waals surface area contributed by atoms with Crippen LogP contribution in [0, 0.1) is 0 Å². The first kappa shape index (κ1) is 34.1. The van der Waals surface area contributed by atoms with Gasteiger partial charge in [0.15, 0.2) is 5.12 Å². The number of unbranched alkanes of at least 4 members (excludes halogenated alkanes) is 16. The third-order valence-electron chi connectivity index (χ3n) is 6.25. The Morgan fingerprint density at radius 3 is 1.26 bits per heavy atom. The van der Waals surface area contributed by atoms with Crippen molar-refractivity contribution in [3.8, 4) is 0 Å². The SMILES string of the molecule is CCCCCCCCCCCCCCCCCCCC(=O)SCC[Si](OCC)(OCC)OCC. The Morgan fingerprint density at radius 2 is 0.912 bits per heavy atom. The molecule has 0 radical (unpaired) electrons. The van der Waals surface area contributed by atoms with Crippen LogP contribution >= 0.6 is 11.8 Å². The molecule has 0 bridgehead atoms. The third kappa shape index (κ3) is 21.4. The second-order valence-electron chi connectivity index (χ2n) is 9.36. The highest BCUT2D eigenvalue weighted by Crippen LogP contribution is 2.21. The van der Waals surface area contributed by atoms with Crippen molar-refractivity contribution < 1.29 is 18.1 Å². The average molecular weight is 519 g/mol. The van der Waals surface area contributed by atoms with Crippen LogP contribution in [0.15, 0.2) is 0 Å². The van der Waals surface area contributed by atoms with Crippen molar-refractivity contribution in [2.75, 3.05) is 25.6 Å². The zero-order valence-corrected chi connectivity index (χ0v) is 25.1. The molecule has 6 heteroatoms. The van der Waals surface area contributed by atoms with Crippen molar-refractivity contribution in [1.82, 2.24) is 0 Å². The number of carbonyl (C=O) groups is 1. The van der Waals surface area contributed by atoms with Crippen LogP contribution in [0.3, 0.4) is 0 Å². The van der Waals surface area contributed by atoms with Crippen molar-refractivity contribution in [2.45, 2.75) is 149 Å². The zero-order valence-electron chi connectivity index (χ0n) is 23.3. The predicted octanol–water partition coefficient (Wildman–Crippen LogP) is 9.34. The molecule has 0 atom stereocenters. The Morgan fingerprint density at radius 1 is 0.559 bits per heavy atom. The Balaban J connectivity index is 3.50. The lowest BCUT2D eigenvalue weighted by Gasteiger charge is -2.28. The molecular formula is C28H58O4SSi. The summed E-state index contributed by atoms with van der Waals surface area (Å²) >= 11 is 1.43. The van der Waals surface area contributed by atoms with Gasteiger partial charge in [-0.2, -0.15) is 0 Å². The van der Waals surface area contributed by atoms with Crippen LogP contribution in [-0.2, 0) is 18.1 Å².